The molecule has 1 aliphatic carbocycles. The van der Waals surface area contributed by atoms with E-state index in [4.69, 9.17) is 15.0 Å². The lowest BCUT2D eigenvalue weighted by molar-refractivity contribution is -0.159. The predicted molar refractivity (Wildman–Crippen MR) is 78.8 cm³/mol. The highest BCUT2D eigenvalue weighted by molar-refractivity contribution is 6.20. The lowest BCUT2D eigenvalue weighted by Crippen LogP contribution is -2.46. The second-order valence-corrected chi connectivity index (χ2v) is 6.08. The number of Topliss-reactive ketones (excluding diaryl/α,β-unsaturated/α-hetero) is 1. The van der Waals surface area contributed by atoms with Crippen molar-refractivity contribution in [2.45, 2.75) is 38.3 Å². The van der Waals surface area contributed by atoms with Gasteiger partial charge >= 0.3 is 5.97 Å². The molecule has 1 unspecified atom stereocenters. The maximum Gasteiger partial charge on any atom is 0.326 e. The minimum absolute atomic E-state index is 0.0304. The summed E-state index contributed by atoms with van der Waals surface area (Å²) < 4.78 is 10.4. The van der Waals surface area contributed by atoms with Gasteiger partial charge in [0, 0.05) is 16.9 Å². The van der Waals surface area contributed by atoms with Crippen LogP contribution in [0.4, 0.5) is 0 Å². The summed E-state index contributed by atoms with van der Waals surface area (Å²) >= 11 is 0. The van der Waals surface area contributed by atoms with E-state index in [0.29, 0.717) is 16.9 Å². The van der Waals surface area contributed by atoms with Gasteiger partial charge < -0.3 is 9.47 Å². The Bertz CT molecular complexity index is 687. The van der Waals surface area contributed by atoms with E-state index in [9.17, 15) is 9.59 Å². The maximum atomic E-state index is 12.6. The van der Waals surface area contributed by atoms with E-state index in [1.165, 1.54) is 7.11 Å². The third kappa shape index (κ3) is 2.63. The molecule has 0 saturated heterocycles. The smallest absolute Gasteiger partial charge is 0.326 e. The molecule has 0 aromatic heterocycles. The van der Waals surface area contributed by atoms with Gasteiger partial charge in [0.15, 0.2) is 5.78 Å². The molecular weight excluding hydrogens is 286 g/mol. The van der Waals surface area contributed by atoms with Crippen LogP contribution >= 0.6 is 0 Å². The van der Waals surface area contributed by atoms with Crippen LogP contribution in [0.2, 0.25) is 0 Å². The number of hydrogen-bond acceptors (Lipinski definition) is 5. The largest absolute Gasteiger partial charge is 0.497 e. The molecule has 0 heterocycles. The van der Waals surface area contributed by atoms with E-state index < -0.39 is 22.9 Å². The first-order chi connectivity index (χ1) is 10.2. The molecule has 7 heteroatoms. The van der Waals surface area contributed by atoms with Gasteiger partial charge in [-0.3, -0.25) is 9.59 Å². The summed E-state index contributed by atoms with van der Waals surface area (Å²) in [6.07, 6.45) is -0.0304. The minimum Gasteiger partial charge on any atom is -0.497 e. The van der Waals surface area contributed by atoms with E-state index in [1.54, 1.807) is 39.0 Å². The molecule has 0 saturated carbocycles. The van der Waals surface area contributed by atoms with Crippen molar-refractivity contribution in [1.82, 2.24) is 0 Å². The first-order valence-electron chi connectivity index (χ1n) is 6.75. The van der Waals surface area contributed by atoms with Gasteiger partial charge in [0.25, 0.3) is 0 Å². The number of azide groups is 1. The molecule has 7 nitrogen and oxygen atoms in total. The minimum atomic E-state index is -1.88. The molecular formula is C15H17N3O4. The van der Waals surface area contributed by atoms with Gasteiger partial charge in [-0.25, -0.2) is 0 Å². The third-order valence-corrected chi connectivity index (χ3v) is 3.33. The Morgan fingerprint density at radius 1 is 1.41 bits per heavy atom. The first-order valence-corrected chi connectivity index (χ1v) is 6.75. The molecule has 0 amide bonds. The molecule has 1 atom stereocenters. The molecule has 1 aromatic rings. The zero-order chi connectivity index (χ0) is 16.5. The Hall–Kier alpha value is -2.53. The average molecular weight is 303 g/mol. The number of esters is 1. The second-order valence-electron chi connectivity index (χ2n) is 6.08. The van der Waals surface area contributed by atoms with Crippen molar-refractivity contribution in [2.24, 2.45) is 5.11 Å². The van der Waals surface area contributed by atoms with E-state index in [-0.39, 0.29) is 6.42 Å². The van der Waals surface area contributed by atoms with Crippen LogP contribution in [0.5, 0.6) is 5.75 Å². The summed E-state index contributed by atoms with van der Waals surface area (Å²) in [5.41, 5.74) is 7.09. The van der Waals surface area contributed by atoms with Crippen LogP contribution in [0.15, 0.2) is 23.3 Å². The van der Waals surface area contributed by atoms with Gasteiger partial charge in [-0.2, -0.15) is 0 Å². The van der Waals surface area contributed by atoms with Crippen LogP contribution in [0, 0.1) is 0 Å². The number of ether oxygens (including phenoxy) is 2. The van der Waals surface area contributed by atoms with E-state index in [2.05, 4.69) is 10.0 Å². The average Bonchev–Trinajstić information content (AvgIpc) is 2.71. The van der Waals surface area contributed by atoms with Crippen LogP contribution in [0.1, 0.15) is 36.7 Å². The molecule has 0 fully saturated rings. The number of fused-ring (bicyclic) bond motifs is 1. The number of carbonyl (C=O) groups is 2. The van der Waals surface area contributed by atoms with Crippen molar-refractivity contribution in [3.63, 3.8) is 0 Å². The number of methoxy groups -OCH3 is 1. The van der Waals surface area contributed by atoms with Gasteiger partial charge in [-0.15, -0.1) is 0 Å². The van der Waals surface area contributed by atoms with Crippen molar-refractivity contribution in [2.75, 3.05) is 7.11 Å². The third-order valence-electron chi connectivity index (χ3n) is 3.33. The fourth-order valence-corrected chi connectivity index (χ4v) is 2.37. The molecule has 0 radical (unpaired) electrons. The maximum absolute atomic E-state index is 12.6. The van der Waals surface area contributed by atoms with E-state index in [0.717, 1.165) is 0 Å². The molecule has 116 valence electrons. The molecule has 0 N–H and O–H groups in total. The Morgan fingerprint density at radius 3 is 2.64 bits per heavy atom. The normalized spacial score (nSPS) is 20.1. The monoisotopic (exact) mass is 303 g/mol. The van der Waals surface area contributed by atoms with Crippen molar-refractivity contribution in [3.05, 3.63) is 39.8 Å². The summed E-state index contributed by atoms with van der Waals surface area (Å²) in [4.78, 5) is 27.8. The van der Waals surface area contributed by atoms with Crippen LogP contribution < -0.4 is 4.74 Å². The van der Waals surface area contributed by atoms with Crippen LogP contribution in [-0.4, -0.2) is 30.0 Å². The lowest BCUT2D eigenvalue weighted by atomic mass is 9.95. The second kappa shape index (κ2) is 5.35. The Kier molecular flexibility index (Phi) is 3.85. The van der Waals surface area contributed by atoms with Crippen LogP contribution in [0.25, 0.3) is 10.4 Å². The zero-order valence-electron chi connectivity index (χ0n) is 12.9. The summed E-state index contributed by atoms with van der Waals surface area (Å²) in [5, 5.41) is 3.51. The molecule has 2 rings (SSSR count). The fourth-order valence-electron chi connectivity index (χ4n) is 2.37. The van der Waals surface area contributed by atoms with Gasteiger partial charge in [0.2, 0.25) is 5.54 Å². The fraction of sp³-hybridized carbons (Fsp3) is 0.467. The SMILES string of the molecule is COc1ccc2c(c1)CC(N=[N+]=[N-])(C(=O)OC(C)(C)C)C2=O. The van der Waals surface area contributed by atoms with Gasteiger partial charge in [-0.05, 0) is 50.1 Å². The quantitative estimate of drug-likeness (QED) is 0.281. The van der Waals surface area contributed by atoms with Gasteiger partial charge in [0.1, 0.15) is 11.4 Å². The molecule has 1 aromatic carbocycles. The lowest BCUT2D eigenvalue weighted by Gasteiger charge is -2.26. The van der Waals surface area contributed by atoms with Crippen molar-refractivity contribution >= 4 is 11.8 Å². The Morgan fingerprint density at radius 2 is 2.09 bits per heavy atom. The number of hydrogen-bond donors (Lipinski definition) is 0. The highest BCUT2D eigenvalue weighted by Crippen LogP contribution is 2.37. The Labute approximate surface area is 127 Å². The van der Waals surface area contributed by atoms with Crippen LogP contribution in [-0.2, 0) is 16.0 Å². The van der Waals surface area contributed by atoms with E-state index in [1.807, 2.05) is 0 Å². The predicted octanol–water partition coefficient (Wildman–Crippen LogP) is 2.82. The number of ketones is 1. The number of benzene rings is 1. The summed E-state index contributed by atoms with van der Waals surface area (Å²) in [5.74, 6) is -0.817. The zero-order valence-corrected chi connectivity index (χ0v) is 12.9. The number of nitrogens with zero attached hydrogens (tertiary/aromatic N) is 3. The van der Waals surface area contributed by atoms with Crippen molar-refractivity contribution in [1.29, 1.82) is 0 Å². The molecule has 0 bridgehead atoms. The molecule has 0 spiro atoms. The van der Waals surface area contributed by atoms with Crippen molar-refractivity contribution < 1.29 is 19.1 Å². The number of rotatable bonds is 3. The topological polar surface area (TPSA) is 101 Å². The van der Waals surface area contributed by atoms with Gasteiger partial charge in [-0.1, -0.05) is 5.11 Å². The highest BCUT2D eigenvalue weighted by atomic mass is 16.6. The Balaban J connectivity index is 2.48. The molecule has 22 heavy (non-hydrogen) atoms. The highest BCUT2D eigenvalue weighted by Gasteiger charge is 2.53. The van der Waals surface area contributed by atoms with Crippen LogP contribution in [0.3, 0.4) is 0 Å². The van der Waals surface area contributed by atoms with E-state index >= 15 is 0 Å². The first kappa shape index (κ1) is 15.9. The molecule has 0 aliphatic heterocycles. The summed E-state index contributed by atoms with van der Waals surface area (Å²) in [7, 11) is 1.51. The van der Waals surface area contributed by atoms with Gasteiger partial charge in [0.05, 0.1) is 7.11 Å². The number of carbonyl (C=O) groups excluding carboxylic acids is 2. The van der Waals surface area contributed by atoms with Crippen molar-refractivity contribution in [3.8, 4) is 5.75 Å². The summed E-state index contributed by atoms with van der Waals surface area (Å²) in [6, 6.07) is 4.85. The molecule has 1 aliphatic rings. The summed E-state index contributed by atoms with van der Waals surface area (Å²) in [6.45, 7) is 5.05. The standard InChI is InChI=1S/C15H17N3O4/c1-14(2,3)22-13(20)15(17-18-16)8-9-7-10(21-4)5-6-11(9)12(15)19/h5-7H,8H2,1-4H3.